The molecule has 1 aromatic carbocycles. The van der Waals surface area contributed by atoms with E-state index in [-0.39, 0.29) is 29.0 Å². The number of nitrogens with zero attached hydrogens (tertiary/aromatic N) is 2. The molecule has 8 heteroatoms. The van der Waals surface area contributed by atoms with Gasteiger partial charge >= 0.3 is 5.97 Å². The number of pyridine rings is 1. The van der Waals surface area contributed by atoms with Crippen LogP contribution in [0.5, 0.6) is 0 Å². The van der Waals surface area contributed by atoms with Gasteiger partial charge in [-0.1, -0.05) is 25.1 Å². The molecule has 0 aliphatic carbocycles. The SMILES string of the molecule is CCC(C)NC(=O)c1nc(C(=O)Nc2ccccc2C(=O)OC)c2ccccn12. The van der Waals surface area contributed by atoms with Crippen molar-refractivity contribution in [1.82, 2.24) is 14.7 Å². The summed E-state index contributed by atoms with van der Waals surface area (Å²) in [6.07, 6.45) is 2.44. The number of amides is 2. The van der Waals surface area contributed by atoms with Crippen LogP contribution in [0.3, 0.4) is 0 Å². The predicted molar refractivity (Wildman–Crippen MR) is 108 cm³/mol. The lowest BCUT2D eigenvalue weighted by molar-refractivity contribution is 0.0601. The monoisotopic (exact) mass is 394 g/mol. The van der Waals surface area contributed by atoms with Crippen LogP contribution in [0.4, 0.5) is 5.69 Å². The maximum Gasteiger partial charge on any atom is 0.339 e. The Bertz CT molecular complexity index is 1070. The van der Waals surface area contributed by atoms with E-state index < -0.39 is 11.9 Å². The van der Waals surface area contributed by atoms with Crippen molar-refractivity contribution >= 4 is 29.0 Å². The first-order valence-corrected chi connectivity index (χ1v) is 9.22. The second kappa shape index (κ2) is 8.55. The number of hydrogen-bond donors (Lipinski definition) is 2. The van der Waals surface area contributed by atoms with Crippen LogP contribution < -0.4 is 10.6 Å². The van der Waals surface area contributed by atoms with Gasteiger partial charge in [-0.05, 0) is 37.6 Å². The Morgan fingerprint density at radius 1 is 1.10 bits per heavy atom. The summed E-state index contributed by atoms with van der Waals surface area (Å²) in [5, 5.41) is 5.55. The van der Waals surface area contributed by atoms with Gasteiger partial charge in [-0.3, -0.25) is 14.0 Å². The Balaban J connectivity index is 1.98. The molecule has 0 aliphatic heterocycles. The van der Waals surface area contributed by atoms with Crippen molar-refractivity contribution in [3.8, 4) is 0 Å². The Hall–Kier alpha value is -3.68. The number of para-hydroxylation sites is 1. The van der Waals surface area contributed by atoms with Crippen molar-refractivity contribution in [2.24, 2.45) is 0 Å². The highest BCUT2D eigenvalue weighted by Gasteiger charge is 2.23. The summed E-state index contributed by atoms with van der Waals surface area (Å²) in [5.74, 6) is -1.35. The maximum absolute atomic E-state index is 12.9. The standard InChI is InChI=1S/C21H22N4O4/c1-4-13(2)22-20(27)18-24-17(16-11-7-8-12-25(16)18)19(26)23-15-10-6-5-9-14(15)21(28)29-3/h5-13H,4H2,1-3H3,(H,22,27)(H,23,26). The van der Waals surface area contributed by atoms with Crippen LogP contribution in [0.1, 0.15) is 51.7 Å². The molecule has 2 heterocycles. The molecule has 1 atom stereocenters. The van der Waals surface area contributed by atoms with Gasteiger partial charge in [-0.2, -0.15) is 0 Å². The Kier molecular flexibility index (Phi) is 5.92. The number of methoxy groups -OCH3 is 1. The van der Waals surface area contributed by atoms with Crippen LogP contribution in [-0.4, -0.2) is 40.3 Å². The maximum atomic E-state index is 12.9. The molecule has 0 spiro atoms. The zero-order valence-electron chi connectivity index (χ0n) is 16.4. The number of carbonyl (C=O) groups is 3. The largest absolute Gasteiger partial charge is 0.465 e. The first kappa shape index (κ1) is 20.1. The molecule has 2 amide bonds. The highest BCUT2D eigenvalue weighted by atomic mass is 16.5. The molecular formula is C21H22N4O4. The summed E-state index contributed by atoms with van der Waals surface area (Å²) in [7, 11) is 1.27. The number of fused-ring (bicyclic) bond motifs is 1. The number of ether oxygens (including phenoxy) is 1. The minimum absolute atomic E-state index is 0.0252. The smallest absolute Gasteiger partial charge is 0.339 e. The fourth-order valence-corrected chi connectivity index (χ4v) is 2.82. The molecule has 150 valence electrons. The quantitative estimate of drug-likeness (QED) is 0.626. The lowest BCUT2D eigenvalue weighted by atomic mass is 10.1. The third-order valence-corrected chi connectivity index (χ3v) is 4.54. The van der Waals surface area contributed by atoms with E-state index in [0.717, 1.165) is 6.42 Å². The molecule has 0 saturated carbocycles. The minimum Gasteiger partial charge on any atom is -0.465 e. The van der Waals surface area contributed by atoms with Crippen molar-refractivity contribution in [2.75, 3.05) is 12.4 Å². The molecule has 0 bridgehead atoms. The molecule has 3 aromatic rings. The summed E-state index contributed by atoms with van der Waals surface area (Å²) in [6.45, 7) is 3.86. The van der Waals surface area contributed by atoms with Crippen molar-refractivity contribution in [3.05, 3.63) is 65.7 Å². The number of benzene rings is 1. The minimum atomic E-state index is -0.566. The van der Waals surface area contributed by atoms with Gasteiger partial charge < -0.3 is 15.4 Å². The molecule has 8 nitrogen and oxygen atoms in total. The number of aromatic nitrogens is 2. The number of nitrogens with one attached hydrogen (secondary N) is 2. The molecular weight excluding hydrogens is 372 g/mol. The Labute approximate surface area is 167 Å². The van der Waals surface area contributed by atoms with Crippen LogP contribution in [0, 0.1) is 0 Å². The fraction of sp³-hybridized carbons (Fsp3) is 0.238. The van der Waals surface area contributed by atoms with Gasteiger partial charge in [-0.15, -0.1) is 0 Å². The number of rotatable bonds is 6. The summed E-state index contributed by atoms with van der Waals surface area (Å²) < 4.78 is 6.32. The Morgan fingerprint density at radius 3 is 2.55 bits per heavy atom. The molecule has 0 radical (unpaired) electrons. The summed E-state index contributed by atoms with van der Waals surface area (Å²) in [5.41, 5.74) is 1.09. The number of esters is 1. The third kappa shape index (κ3) is 4.11. The highest BCUT2D eigenvalue weighted by molar-refractivity contribution is 6.11. The van der Waals surface area contributed by atoms with Gasteiger partial charge in [0, 0.05) is 12.2 Å². The average molecular weight is 394 g/mol. The number of anilines is 1. The van der Waals surface area contributed by atoms with Crippen molar-refractivity contribution in [2.45, 2.75) is 26.3 Å². The van der Waals surface area contributed by atoms with E-state index in [2.05, 4.69) is 15.6 Å². The van der Waals surface area contributed by atoms with Gasteiger partial charge in [-0.25, -0.2) is 9.78 Å². The molecule has 2 aromatic heterocycles. The first-order valence-electron chi connectivity index (χ1n) is 9.22. The van der Waals surface area contributed by atoms with Gasteiger partial charge in [0.15, 0.2) is 5.69 Å². The van der Waals surface area contributed by atoms with Gasteiger partial charge in [0.25, 0.3) is 11.8 Å². The molecule has 3 rings (SSSR count). The van der Waals surface area contributed by atoms with Crippen molar-refractivity contribution in [3.63, 3.8) is 0 Å². The van der Waals surface area contributed by atoms with Crippen LogP contribution in [0.15, 0.2) is 48.7 Å². The van der Waals surface area contributed by atoms with E-state index in [9.17, 15) is 14.4 Å². The van der Waals surface area contributed by atoms with E-state index in [1.54, 1.807) is 53.1 Å². The lowest BCUT2D eigenvalue weighted by Crippen LogP contribution is -2.33. The predicted octanol–water partition coefficient (Wildman–Crippen LogP) is 2.90. The summed E-state index contributed by atoms with van der Waals surface area (Å²) >= 11 is 0. The van der Waals surface area contributed by atoms with Crippen LogP contribution in [-0.2, 0) is 4.74 Å². The van der Waals surface area contributed by atoms with E-state index in [0.29, 0.717) is 11.2 Å². The van der Waals surface area contributed by atoms with E-state index >= 15 is 0 Å². The second-order valence-electron chi connectivity index (χ2n) is 6.51. The zero-order valence-corrected chi connectivity index (χ0v) is 16.4. The van der Waals surface area contributed by atoms with E-state index in [1.165, 1.54) is 7.11 Å². The third-order valence-electron chi connectivity index (χ3n) is 4.54. The lowest BCUT2D eigenvalue weighted by Gasteiger charge is -2.10. The average Bonchev–Trinajstić information content (AvgIpc) is 3.13. The topological polar surface area (TPSA) is 102 Å². The fourth-order valence-electron chi connectivity index (χ4n) is 2.82. The van der Waals surface area contributed by atoms with Crippen LogP contribution in [0.2, 0.25) is 0 Å². The van der Waals surface area contributed by atoms with Gasteiger partial charge in [0.1, 0.15) is 0 Å². The molecule has 29 heavy (non-hydrogen) atoms. The number of hydrogen-bond acceptors (Lipinski definition) is 5. The second-order valence-corrected chi connectivity index (χ2v) is 6.51. The van der Waals surface area contributed by atoms with E-state index in [4.69, 9.17) is 4.74 Å². The summed E-state index contributed by atoms with van der Waals surface area (Å²) in [6, 6.07) is 11.7. The summed E-state index contributed by atoms with van der Waals surface area (Å²) in [4.78, 5) is 41.8. The molecule has 1 unspecified atom stereocenters. The number of carbonyl (C=O) groups excluding carboxylic acids is 3. The van der Waals surface area contributed by atoms with Crippen LogP contribution >= 0.6 is 0 Å². The first-order chi connectivity index (χ1) is 14.0. The Morgan fingerprint density at radius 2 is 1.83 bits per heavy atom. The van der Waals surface area contributed by atoms with Crippen molar-refractivity contribution in [1.29, 1.82) is 0 Å². The highest BCUT2D eigenvalue weighted by Crippen LogP contribution is 2.19. The van der Waals surface area contributed by atoms with Crippen LogP contribution in [0.25, 0.3) is 5.52 Å². The van der Waals surface area contributed by atoms with Crippen molar-refractivity contribution < 1.29 is 19.1 Å². The van der Waals surface area contributed by atoms with E-state index in [1.807, 2.05) is 13.8 Å². The van der Waals surface area contributed by atoms with Gasteiger partial charge in [0.05, 0.1) is 23.9 Å². The normalized spacial score (nSPS) is 11.7. The zero-order chi connectivity index (χ0) is 21.0. The molecule has 0 saturated heterocycles. The number of imidazole rings is 1. The molecule has 2 N–H and O–H groups in total. The molecule has 0 fully saturated rings. The van der Waals surface area contributed by atoms with Gasteiger partial charge in [0.2, 0.25) is 5.82 Å². The molecule has 0 aliphatic rings.